The zero-order valence-electron chi connectivity index (χ0n) is 10.5. The third-order valence-corrected chi connectivity index (χ3v) is 2.54. The van der Waals surface area contributed by atoms with Gasteiger partial charge in [-0.3, -0.25) is 0 Å². The maximum absolute atomic E-state index is 5.97. The molecular formula is C14H16N2O2. The second kappa shape index (κ2) is 5.40. The monoisotopic (exact) mass is 244 g/mol. The summed E-state index contributed by atoms with van der Waals surface area (Å²) < 4.78 is 10.6. The molecule has 0 aliphatic heterocycles. The van der Waals surface area contributed by atoms with E-state index in [9.17, 15) is 0 Å². The third kappa shape index (κ3) is 2.53. The largest absolute Gasteiger partial charge is 0.494 e. The number of anilines is 1. The van der Waals surface area contributed by atoms with Gasteiger partial charge in [-0.05, 0) is 31.2 Å². The Hall–Kier alpha value is -2.23. The van der Waals surface area contributed by atoms with E-state index in [-0.39, 0.29) is 0 Å². The lowest BCUT2D eigenvalue weighted by Crippen LogP contribution is -1.96. The molecule has 0 aliphatic rings. The number of nitrogen functional groups attached to an aromatic ring is 1. The molecule has 0 amide bonds. The fraction of sp³-hybridized carbons (Fsp3) is 0.214. The molecule has 0 radical (unpaired) electrons. The highest BCUT2D eigenvalue weighted by Crippen LogP contribution is 2.29. The van der Waals surface area contributed by atoms with Gasteiger partial charge in [-0.2, -0.15) is 0 Å². The van der Waals surface area contributed by atoms with E-state index in [0.29, 0.717) is 18.2 Å². The number of rotatable bonds is 4. The molecule has 4 nitrogen and oxygen atoms in total. The van der Waals surface area contributed by atoms with Gasteiger partial charge in [0.1, 0.15) is 5.75 Å². The van der Waals surface area contributed by atoms with Crippen molar-refractivity contribution in [3.05, 3.63) is 36.4 Å². The number of methoxy groups -OCH3 is 1. The number of nitrogens with zero attached hydrogens (tertiary/aromatic N) is 1. The lowest BCUT2D eigenvalue weighted by Gasteiger charge is -2.09. The van der Waals surface area contributed by atoms with E-state index >= 15 is 0 Å². The molecule has 0 fully saturated rings. The first kappa shape index (κ1) is 12.2. The first-order chi connectivity index (χ1) is 8.74. The summed E-state index contributed by atoms with van der Waals surface area (Å²) in [5.74, 6) is 1.35. The van der Waals surface area contributed by atoms with E-state index in [1.54, 1.807) is 13.2 Å². The van der Waals surface area contributed by atoms with Gasteiger partial charge in [-0.1, -0.05) is 6.07 Å². The SMILES string of the molecule is CCOc1ccc(N)c(-c2cccc(OC)n2)c1. The highest BCUT2D eigenvalue weighted by atomic mass is 16.5. The van der Waals surface area contributed by atoms with Gasteiger partial charge >= 0.3 is 0 Å². The van der Waals surface area contributed by atoms with Crippen LogP contribution in [0.1, 0.15) is 6.92 Å². The second-order valence-corrected chi connectivity index (χ2v) is 3.75. The van der Waals surface area contributed by atoms with Crippen molar-refractivity contribution in [3.8, 4) is 22.9 Å². The predicted octanol–water partition coefficient (Wildman–Crippen LogP) is 2.74. The Balaban J connectivity index is 2.44. The van der Waals surface area contributed by atoms with Gasteiger partial charge in [0.05, 0.1) is 19.4 Å². The van der Waals surface area contributed by atoms with Crippen molar-refractivity contribution in [3.63, 3.8) is 0 Å². The van der Waals surface area contributed by atoms with E-state index in [2.05, 4.69) is 4.98 Å². The fourth-order valence-electron chi connectivity index (χ4n) is 1.69. The minimum absolute atomic E-state index is 0.564. The zero-order chi connectivity index (χ0) is 13.0. The maximum atomic E-state index is 5.97. The second-order valence-electron chi connectivity index (χ2n) is 3.75. The molecule has 2 aromatic rings. The Labute approximate surface area is 106 Å². The van der Waals surface area contributed by atoms with E-state index in [0.717, 1.165) is 17.0 Å². The first-order valence-corrected chi connectivity index (χ1v) is 5.78. The molecule has 0 aliphatic carbocycles. The minimum atomic E-state index is 0.564. The lowest BCUT2D eigenvalue weighted by atomic mass is 10.1. The van der Waals surface area contributed by atoms with Crippen LogP contribution in [-0.4, -0.2) is 18.7 Å². The Morgan fingerprint density at radius 2 is 2.06 bits per heavy atom. The van der Waals surface area contributed by atoms with Crippen molar-refractivity contribution in [1.82, 2.24) is 4.98 Å². The van der Waals surface area contributed by atoms with Crippen LogP contribution >= 0.6 is 0 Å². The molecule has 4 heteroatoms. The summed E-state index contributed by atoms with van der Waals surface area (Å²) in [6, 6.07) is 11.1. The van der Waals surface area contributed by atoms with E-state index in [1.807, 2.05) is 37.3 Å². The highest BCUT2D eigenvalue weighted by Gasteiger charge is 2.07. The van der Waals surface area contributed by atoms with Crippen molar-refractivity contribution in [2.24, 2.45) is 0 Å². The smallest absolute Gasteiger partial charge is 0.213 e. The van der Waals surface area contributed by atoms with Crippen molar-refractivity contribution in [1.29, 1.82) is 0 Å². The molecule has 2 N–H and O–H groups in total. The van der Waals surface area contributed by atoms with Crippen LogP contribution < -0.4 is 15.2 Å². The Bertz CT molecular complexity index is 541. The first-order valence-electron chi connectivity index (χ1n) is 5.78. The van der Waals surface area contributed by atoms with Crippen LogP contribution in [0.5, 0.6) is 11.6 Å². The number of ether oxygens (including phenoxy) is 2. The summed E-state index contributed by atoms with van der Waals surface area (Å²) in [5.41, 5.74) is 8.26. The van der Waals surface area contributed by atoms with E-state index in [4.69, 9.17) is 15.2 Å². The number of nitrogens with two attached hydrogens (primary N) is 1. The normalized spacial score (nSPS) is 10.1. The van der Waals surface area contributed by atoms with Gasteiger partial charge in [0.25, 0.3) is 0 Å². The predicted molar refractivity (Wildman–Crippen MR) is 71.8 cm³/mol. The Morgan fingerprint density at radius 3 is 2.78 bits per heavy atom. The van der Waals surface area contributed by atoms with Crippen LogP contribution in [0.15, 0.2) is 36.4 Å². The van der Waals surface area contributed by atoms with Crippen molar-refractivity contribution >= 4 is 5.69 Å². The highest BCUT2D eigenvalue weighted by molar-refractivity contribution is 5.75. The van der Waals surface area contributed by atoms with Crippen LogP contribution in [0.3, 0.4) is 0 Å². The summed E-state index contributed by atoms with van der Waals surface area (Å²) in [6.45, 7) is 2.56. The molecular weight excluding hydrogens is 228 g/mol. The van der Waals surface area contributed by atoms with Crippen LogP contribution in [0, 0.1) is 0 Å². The summed E-state index contributed by atoms with van der Waals surface area (Å²) in [5, 5.41) is 0. The molecule has 0 saturated heterocycles. The number of benzene rings is 1. The van der Waals surface area contributed by atoms with Crippen LogP contribution in [0.25, 0.3) is 11.3 Å². The van der Waals surface area contributed by atoms with E-state index in [1.165, 1.54) is 0 Å². The number of hydrogen-bond donors (Lipinski definition) is 1. The summed E-state index contributed by atoms with van der Waals surface area (Å²) in [7, 11) is 1.59. The number of aromatic nitrogens is 1. The van der Waals surface area contributed by atoms with Gasteiger partial charge in [-0.25, -0.2) is 4.98 Å². The molecule has 0 unspecified atom stereocenters. The van der Waals surface area contributed by atoms with Crippen molar-refractivity contribution in [2.75, 3.05) is 19.5 Å². The van der Waals surface area contributed by atoms with E-state index < -0.39 is 0 Å². The van der Waals surface area contributed by atoms with Crippen LogP contribution in [-0.2, 0) is 0 Å². The average Bonchev–Trinajstić information content (AvgIpc) is 2.41. The fourth-order valence-corrected chi connectivity index (χ4v) is 1.69. The molecule has 2 rings (SSSR count). The van der Waals surface area contributed by atoms with Crippen molar-refractivity contribution < 1.29 is 9.47 Å². The molecule has 1 heterocycles. The van der Waals surface area contributed by atoms with Gasteiger partial charge in [0, 0.05) is 17.3 Å². The number of hydrogen-bond acceptors (Lipinski definition) is 4. The topological polar surface area (TPSA) is 57.4 Å². The van der Waals surface area contributed by atoms with Crippen LogP contribution in [0.4, 0.5) is 5.69 Å². The molecule has 0 atom stereocenters. The lowest BCUT2D eigenvalue weighted by molar-refractivity contribution is 0.340. The molecule has 0 saturated carbocycles. The van der Waals surface area contributed by atoms with Gasteiger partial charge in [0.2, 0.25) is 5.88 Å². The average molecular weight is 244 g/mol. The van der Waals surface area contributed by atoms with Gasteiger partial charge < -0.3 is 15.2 Å². The molecule has 1 aromatic carbocycles. The van der Waals surface area contributed by atoms with Gasteiger partial charge in [0.15, 0.2) is 0 Å². The number of pyridine rings is 1. The van der Waals surface area contributed by atoms with Crippen molar-refractivity contribution in [2.45, 2.75) is 6.92 Å². The standard InChI is InChI=1S/C14H16N2O2/c1-3-18-10-7-8-12(15)11(9-10)13-5-4-6-14(16-13)17-2/h4-9H,3,15H2,1-2H3. The summed E-state index contributed by atoms with van der Waals surface area (Å²) >= 11 is 0. The maximum Gasteiger partial charge on any atom is 0.213 e. The Morgan fingerprint density at radius 1 is 1.22 bits per heavy atom. The molecule has 1 aromatic heterocycles. The van der Waals surface area contributed by atoms with Gasteiger partial charge in [-0.15, -0.1) is 0 Å². The molecule has 0 spiro atoms. The Kier molecular flexibility index (Phi) is 3.67. The van der Waals surface area contributed by atoms with Crippen LogP contribution in [0.2, 0.25) is 0 Å². The minimum Gasteiger partial charge on any atom is -0.494 e. The molecule has 0 bridgehead atoms. The summed E-state index contributed by atoms with van der Waals surface area (Å²) in [4.78, 5) is 4.37. The quantitative estimate of drug-likeness (QED) is 0.840. The summed E-state index contributed by atoms with van der Waals surface area (Å²) in [6.07, 6.45) is 0. The zero-order valence-corrected chi connectivity index (χ0v) is 10.5. The molecule has 18 heavy (non-hydrogen) atoms. The third-order valence-electron chi connectivity index (χ3n) is 2.54. The molecule has 94 valence electrons.